The van der Waals surface area contributed by atoms with Crippen LogP contribution in [0.4, 0.5) is 16.3 Å². The SMILES string of the molecule is COc1ncc2c(n1)N(C)CCN(c1cccc(COC(CCN(C)C(=O)OC(C)(C)C)c3cccs3)c1)C2=O. The monoisotopic (exact) mass is 567 g/mol. The van der Waals surface area contributed by atoms with Gasteiger partial charge in [-0.1, -0.05) is 18.2 Å². The number of anilines is 2. The second-order valence-electron chi connectivity index (χ2n) is 10.6. The summed E-state index contributed by atoms with van der Waals surface area (Å²) in [6.07, 6.45) is 1.59. The molecule has 0 radical (unpaired) electrons. The number of hydrogen-bond donors (Lipinski definition) is 0. The van der Waals surface area contributed by atoms with Crippen molar-refractivity contribution in [2.24, 2.45) is 0 Å². The summed E-state index contributed by atoms with van der Waals surface area (Å²) in [6.45, 7) is 7.49. The molecule has 10 nitrogen and oxygen atoms in total. The molecule has 3 aromatic rings. The van der Waals surface area contributed by atoms with Crippen LogP contribution in [0.5, 0.6) is 6.01 Å². The zero-order chi connectivity index (χ0) is 28.9. The summed E-state index contributed by atoms with van der Waals surface area (Å²) in [5, 5.41) is 2.02. The lowest BCUT2D eigenvalue weighted by Crippen LogP contribution is -2.35. The number of carbonyl (C=O) groups excluding carboxylic acids is 2. The van der Waals surface area contributed by atoms with E-state index in [1.165, 1.54) is 13.3 Å². The highest BCUT2D eigenvalue weighted by atomic mass is 32.1. The van der Waals surface area contributed by atoms with Gasteiger partial charge < -0.3 is 28.9 Å². The molecule has 0 bridgehead atoms. The highest BCUT2D eigenvalue weighted by Gasteiger charge is 2.28. The molecular weight excluding hydrogens is 530 g/mol. The van der Waals surface area contributed by atoms with Crippen LogP contribution < -0.4 is 14.5 Å². The highest BCUT2D eigenvalue weighted by Crippen LogP contribution is 2.30. The Hall–Kier alpha value is -3.70. The molecule has 0 aliphatic carbocycles. The van der Waals surface area contributed by atoms with E-state index in [4.69, 9.17) is 14.2 Å². The zero-order valence-electron chi connectivity index (χ0n) is 23.9. The van der Waals surface area contributed by atoms with Gasteiger partial charge in [-0.25, -0.2) is 9.78 Å². The second kappa shape index (κ2) is 12.6. The zero-order valence-corrected chi connectivity index (χ0v) is 24.7. The molecule has 4 rings (SSSR count). The van der Waals surface area contributed by atoms with Crippen molar-refractivity contribution in [3.63, 3.8) is 0 Å². The molecule has 0 saturated carbocycles. The number of hydrogen-bond acceptors (Lipinski definition) is 9. The van der Waals surface area contributed by atoms with Gasteiger partial charge >= 0.3 is 12.1 Å². The molecule has 1 unspecified atom stereocenters. The number of rotatable bonds is 9. The van der Waals surface area contributed by atoms with Crippen LogP contribution in [-0.4, -0.2) is 73.3 Å². The molecule has 1 atom stereocenters. The lowest BCUT2D eigenvalue weighted by Gasteiger charge is -2.26. The summed E-state index contributed by atoms with van der Waals surface area (Å²) in [4.78, 5) is 40.8. The van der Waals surface area contributed by atoms with Gasteiger partial charge in [-0.15, -0.1) is 11.3 Å². The van der Waals surface area contributed by atoms with Crippen LogP contribution >= 0.6 is 11.3 Å². The van der Waals surface area contributed by atoms with Gasteiger partial charge in [0.15, 0.2) is 0 Å². The van der Waals surface area contributed by atoms with Crippen molar-refractivity contribution < 1.29 is 23.8 Å². The number of ether oxygens (including phenoxy) is 3. The Kier molecular flexibility index (Phi) is 9.26. The van der Waals surface area contributed by atoms with Crippen molar-refractivity contribution in [2.75, 3.05) is 50.6 Å². The minimum atomic E-state index is -0.549. The lowest BCUT2D eigenvalue weighted by molar-refractivity contribution is 0.0148. The summed E-state index contributed by atoms with van der Waals surface area (Å²) in [5.41, 5.74) is 1.59. The van der Waals surface area contributed by atoms with Gasteiger partial charge in [-0.05, 0) is 56.3 Å². The topological polar surface area (TPSA) is 97.3 Å². The van der Waals surface area contributed by atoms with Crippen LogP contribution in [0.15, 0.2) is 48.0 Å². The van der Waals surface area contributed by atoms with Crippen molar-refractivity contribution in [2.45, 2.75) is 45.5 Å². The first-order valence-corrected chi connectivity index (χ1v) is 14.1. The number of amides is 2. The first kappa shape index (κ1) is 29.3. The van der Waals surface area contributed by atoms with Gasteiger partial charge in [-0.2, -0.15) is 4.98 Å². The predicted octanol–water partition coefficient (Wildman–Crippen LogP) is 5.16. The Morgan fingerprint density at radius 1 is 1.20 bits per heavy atom. The lowest BCUT2D eigenvalue weighted by atomic mass is 10.1. The Morgan fingerprint density at radius 3 is 2.70 bits per heavy atom. The van der Waals surface area contributed by atoms with Crippen LogP contribution in [0.25, 0.3) is 0 Å². The molecule has 1 aliphatic heterocycles. The van der Waals surface area contributed by atoms with Crippen molar-refractivity contribution >= 4 is 34.8 Å². The molecule has 1 aliphatic rings. The standard InChI is InChI=1S/C29H37N5O5S/c1-29(2,3)39-28(36)33(5)13-12-23(24-11-8-16-40-24)38-19-20-9-7-10-21(17-20)34-15-14-32(4)25-22(26(34)35)18-30-27(31-25)37-6/h7-11,16-18,23H,12-15,19H2,1-6H3. The summed E-state index contributed by atoms with van der Waals surface area (Å²) in [6, 6.07) is 12.1. The summed E-state index contributed by atoms with van der Waals surface area (Å²) in [7, 11) is 5.14. The number of methoxy groups -OCH3 is 1. The number of thiophene rings is 1. The molecule has 0 N–H and O–H groups in total. The molecule has 0 fully saturated rings. The third kappa shape index (κ3) is 7.28. The maximum atomic E-state index is 13.5. The van der Waals surface area contributed by atoms with Gasteiger partial charge in [0, 0.05) is 50.5 Å². The third-order valence-electron chi connectivity index (χ3n) is 6.39. The van der Waals surface area contributed by atoms with Crippen molar-refractivity contribution in [3.8, 4) is 6.01 Å². The van der Waals surface area contributed by atoms with Crippen LogP contribution in [0.3, 0.4) is 0 Å². The Labute approximate surface area is 239 Å². The van der Waals surface area contributed by atoms with E-state index in [1.54, 1.807) is 28.2 Å². The quantitative estimate of drug-likeness (QED) is 0.350. The number of benzene rings is 1. The van der Waals surface area contributed by atoms with E-state index >= 15 is 0 Å². The van der Waals surface area contributed by atoms with E-state index in [-0.39, 0.29) is 24.1 Å². The molecule has 0 spiro atoms. The van der Waals surface area contributed by atoms with Gasteiger partial charge in [-0.3, -0.25) is 4.79 Å². The minimum Gasteiger partial charge on any atom is -0.467 e. The van der Waals surface area contributed by atoms with E-state index in [0.717, 1.165) is 16.1 Å². The Morgan fingerprint density at radius 2 is 2.00 bits per heavy atom. The van der Waals surface area contributed by atoms with Crippen molar-refractivity contribution in [3.05, 3.63) is 64.0 Å². The van der Waals surface area contributed by atoms with Gasteiger partial charge in [0.2, 0.25) is 0 Å². The number of likely N-dealkylation sites (N-methyl/N-ethyl adjacent to an activating group) is 1. The minimum absolute atomic E-state index is 0.165. The van der Waals surface area contributed by atoms with Gasteiger partial charge in [0.1, 0.15) is 17.0 Å². The number of carbonyl (C=O) groups is 2. The number of aromatic nitrogens is 2. The van der Waals surface area contributed by atoms with Crippen LogP contribution in [0.1, 0.15) is 54.1 Å². The summed E-state index contributed by atoms with van der Waals surface area (Å²) >= 11 is 1.62. The largest absolute Gasteiger partial charge is 0.467 e. The van der Waals surface area contributed by atoms with E-state index in [1.807, 2.05) is 74.5 Å². The van der Waals surface area contributed by atoms with E-state index in [9.17, 15) is 9.59 Å². The predicted molar refractivity (Wildman–Crippen MR) is 155 cm³/mol. The molecule has 40 heavy (non-hydrogen) atoms. The Bertz CT molecular complexity index is 1310. The normalized spacial score (nSPS) is 14.4. The van der Waals surface area contributed by atoms with Crippen LogP contribution in [0.2, 0.25) is 0 Å². The van der Waals surface area contributed by atoms with Gasteiger partial charge in [0.25, 0.3) is 5.91 Å². The van der Waals surface area contributed by atoms with E-state index in [0.29, 0.717) is 44.0 Å². The molecular formula is C29H37N5O5S. The smallest absolute Gasteiger partial charge is 0.410 e. The fourth-order valence-electron chi connectivity index (χ4n) is 4.28. The Balaban J connectivity index is 1.45. The van der Waals surface area contributed by atoms with E-state index in [2.05, 4.69) is 9.97 Å². The average Bonchev–Trinajstić information content (AvgIpc) is 3.42. The first-order valence-electron chi connectivity index (χ1n) is 13.2. The third-order valence-corrected chi connectivity index (χ3v) is 7.36. The number of nitrogens with zero attached hydrogens (tertiary/aromatic N) is 5. The van der Waals surface area contributed by atoms with Crippen molar-refractivity contribution in [1.82, 2.24) is 14.9 Å². The maximum Gasteiger partial charge on any atom is 0.410 e. The maximum absolute atomic E-state index is 13.5. The average molecular weight is 568 g/mol. The number of fused-ring (bicyclic) bond motifs is 1. The fraction of sp³-hybridized carbons (Fsp3) is 0.448. The molecule has 2 amide bonds. The molecule has 2 aromatic heterocycles. The highest BCUT2D eigenvalue weighted by molar-refractivity contribution is 7.10. The molecule has 3 heterocycles. The van der Waals surface area contributed by atoms with E-state index < -0.39 is 5.60 Å². The van der Waals surface area contributed by atoms with Gasteiger partial charge in [0.05, 0.1) is 19.8 Å². The van der Waals surface area contributed by atoms with Crippen LogP contribution in [-0.2, 0) is 16.1 Å². The first-order chi connectivity index (χ1) is 19.1. The fourth-order valence-corrected chi connectivity index (χ4v) is 5.09. The summed E-state index contributed by atoms with van der Waals surface area (Å²) < 4.78 is 17.0. The molecule has 214 valence electrons. The van der Waals surface area contributed by atoms with Crippen molar-refractivity contribution in [1.29, 1.82) is 0 Å². The molecule has 1 aromatic carbocycles. The van der Waals surface area contributed by atoms with Crippen LogP contribution in [0, 0.1) is 0 Å². The molecule has 0 saturated heterocycles. The summed E-state index contributed by atoms with van der Waals surface area (Å²) in [5.74, 6) is 0.385. The molecule has 11 heteroatoms. The second-order valence-corrected chi connectivity index (χ2v) is 11.6.